The Hall–Kier alpha value is 0.170. The highest BCUT2D eigenvalue weighted by atomic mass is 127. The van der Waals surface area contributed by atoms with Gasteiger partial charge >= 0.3 is 0 Å². The van der Waals surface area contributed by atoms with E-state index < -0.39 is 0 Å². The van der Waals surface area contributed by atoms with Gasteiger partial charge in [-0.25, -0.2) is 0 Å². The van der Waals surface area contributed by atoms with Crippen molar-refractivity contribution in [1.82, 2.24) is 0 Å². The number of alkyl halides is 1. The average molecular weight is 250 g/mol. The van der Waals surface area contributed by atoms with E-state index in [0.717, 1.165) is 6.42 Å². The van der Waals surface area contributed by atoms with Gasteiger partial charge in [-0.15, -0.1) is 0 Å². The lowest BCUT2D eigenvalue weighted by molar-refractivity contribution is 0.172. The molecule has 0 aromatic rings. The lowest BCUT2D eigenvalue weighted by Gasteiger charge is -2.27. The van der Waals surface area contributed by atoms with Gasteiger partial charge in [-0.2, -0.15) is 0 Å². The Bertz CT molecular complexity index is 172. The molecule has 10 heavy (non-hydrogen) atoms. The van der Waals surface area contributed by atoms with Gasteiger partial charge in [-0.1, -0.05) is 46.9 Å². The van der Waals surface area contributed by atoms with Crippen LogP contribution in [0.15, 0.2) is 24.3 Å². The molecule has 0 bridgehead atoms. The number of rotatable bonds is 1. The summed E-state index contributed by atoms with van der Waals surface area (Å²) < 4.78 is -0.0630. The van der Waals surface area contributed by atoms with Crippen molar-refractivity contribution < 1.29 is 5.11 Å². The first-order valence-corrected chi connectivity index (χ1v) is 4.44. The number of allylic oxidation sites excluding steroid dienone is 3. The van der Waals surface area contributed by atoms with Gasteiger partial charge in [0.2, 0.25) is 0 Å². The third-order valence-electron chi connectivity index (χ3n) is 1.75. The molecular formula is C8H11IO. The number of hydrogen-bond donors (Lipinski definition) is 1. The van der Waals surface area contributed by atoms with Crippen LogP contribution in [0, 0.1) is 0 Å². The van der Waals surface area contributed by atoms with E-state index in [0.29, 0.717) is 0 Å². The van der Waals surface area contributed by atoms with Crippen LogP contribution in [-0.4, -0.2) is 14.6 Å². The highest BCUT2D eigenvalue weighted by molar-refractivity contribution is 14.1. The standard InChI is InChI=1S/C8H11IO/c1-7(10)8(9)5-3-2-4-6-8/h2-5,7,10H,6H2,1H3. The van der Waals surface area contributed by atoms with Gasteiger partial charge in [0.15, 0.2) is 0 Å². The topological polar surface area (TPSA) is 20.2 Å². The molecule has 0 spiro atoms. The maximum atomic E-state index is 9.34. The van der Waals surface area contributed by atoms with Gasteiger partial charge in [-0.05, 0) is 13.3 Å². The third-order valence-corrected chi connectivity index (χ3v) is 3.45. The molecule has 0 aromatic heterocycles. The molecule has 0 fully saturated rings. The van der Waals surface area contributed by atoms with Crippen molar-refractivity contribution in [2.24, 2.45) is 0 Å². The zero-order chi connectivity index (χ0) is 7.61. The molecule has 0 aliphatic heterocycles. The largest absolute Gasteiger partial charge is 0.392 e. The summed E-state index contributed by atoms with van der Waals surface area (Å²) in [7, 11) is 0. The average Bonchev–Trinajstić information content (AvgIpc) is 1.89. The van der Waals surface area contributed by atoms with Crippen molar-refractivity contribution in [2.45, 2.75) is 22.9 Å². The Morgan fingerprint density at radius 2 is 2.30 bits per heavy atom. The Kier molecular flexibility index (Phi) is 2.52. The minimum atomic E-state index is -0.269. The summed E-state index contributed by atoms with van der Waals surface area (Å²) in [4.78, 5) is 0. The quantitative estimate of drug-likeness (QED) is 0.557. The van der Waals surface area contributed by atoms with Gasteiger partial charge in [0, 0.05) is 0 Å². The molecule has 1 aliphatic rings. The second-order valence-corrected chi connectivity index (χ2v) is 4.60. The molecule has 0 saturated heterocycles. The van der Waals surface area contributed by atoms with Gasteiger partial charge in [-0.3, -0.25) is 0 Å². The zero-order valence-electron chi connectivity index (χ0n) is 5.92. The Morgan fingerprint density at radius 1 is 1.60 bits per heavy atom. The number of aliphatic hydroxyl groups is 1. The highest BCUT2D eigenvalue weighted by Crippen LogP contribution is 2.31. The molecule has 1 rings (SSSR count). The molecular weight excluding hydrogens is 239 g/mol. The number of halogens is 1. The molecule has 2 atom stereocenters. The van der Waals surface area contributed by atoms with Crippen molar-refractivity contribution in [3.8, 4) is 0 Å². The maximum Gasteiger partial charge on any atom is 0.0695 e. The van der Waals surface area contributed by atoms with Crippen molar-refractivity contribution in [3.63, 3.8) is 0 Å². The van der Waals surface area contributed by atoms with Crippen LogP contribution in [0.25, 0.3) is 0 Å². The summed E-state index contributed by atoms with van der Waals surface area (Å²) in [6.07, 6.45) is 8.80. The summed E-state index contributed by atoms with van der Waals surface area (Å²) in [5, 5.41) is 9.34. The normalized spacial score (nSPS) is 34.3. The Labute approximate surface area is 75.0 Å². The third kappa shape index (κ3) is 1.61. The number of hydrogen-bond acceptors (Lipinski definition) is 1. The Balaban J connectivity index is 2.70. The molecule has 0 radical (unpaired) electrons. The summed E-state index contributed by atoms with van der Waals surface area (Å²) in [5.74, 6) is 0. The SMILES string of the molecule is CC(O)C1(I)C=CC=CC1. The van der Waals surface area contributed by atoms with Gasteiger partial charge in [0.05, 0.1) is 9.53 Å². The Morgan fingerprint density at radius 3 is 2.60 bits per heavy atom. The molecule has 56 valence electrons. The van der Waals surface area contributed by atoms with E-state index in [9.17, 15) is 5.11 Å². The zero-order valence-corrected chi connectivity index (χ0v) is 8.08. The van der Waals surface area contributed by atoms with Crippen molar-refractivity contribution >= 4 is 22.6 Å². The predicted molar refractivity (Wildman–Crippen MR) is 51.3 cm³/mol. The van der Waals surface area contributed by atoms with Gasteiger partial charge in [0.1, 0.15) is 0 Å². The van der Waals surface area contributed by atoms with Crippen LogP contribution in [-0.2, 0) is 0 Å². The fourth-order valence-electron chi connectivity index (χ4n) is 0.921. The monoisotopic (exact) mass is 250 g/mol. The lowest BCUT2D eigenvalue weighted by Crippen LogP contribution is -2.31. The smallest absolute Gasteiger partial charge is 0.0695 e. The second-order valence-electron chi connectivity index (χ2n) is 2.59. The van der Waals surface area contributed by atoms with E-state index in [1.165, 1.54) is 0 Å². The van der Waals surface area contributed by atoms with Gasteiger partial charge in [0.25, 0.3) is 0 Å². The predicted octanol–water partition coefficient (Wildman–Crippen LogP) is 2.06. The van der Waals surface area contributed by atoms with Crippen LogP contribution < -0.4 is 0 Å². The van der Waals surface area contributed by atoms with Crippen LogP contribution in [0.5, 0.6) is 0 Å². The van der Waals surface area contributed by atoms with Crippen molar-refractivity contribution in [2.75, 3.05) is 0 Å². The first-order chi connectivity index (χ1) is 4.65. The molecule has 0 aromatic carbocycles. The van der Waals surface area contributed by atoms with Crippen LogP contribution >= 0.6 is 22.6 Å². The first kappa shape index (κ1) is 8.27. The summed E-state index contributed by atoms with van der Waals surface area (Å²) in [6.45, 7) is 1.83. The first-order valence-electron chi connectivity index (χ1n) is 3.36. The number of aliphatic hydroxyl groups excluding tert-OH is 1. The minimum Gasteiger partial charge on any atom is -0.392 e. The van der Waals surface area contributed by atoms with Crippen LogP contribution in [0.4, 0.5) is 0 Å². The molecule has 2 unspecified atom stereocenters. The molecule has 1 N–H and O–H groups in total. The highest BCUT2D eigenvalue weighted by Gasteiger charge is 2.28. The van der Waals surface area contributed by atoms with Crippen molar-refractivity contribution in [3.05, 3.63) is 24.3 Å². The van der Waals surface area contributed by atoms with Gasteiger partial charge < -0.3 is 5.11 Å². The van der Waals surface area contributed by atoms with E-state index in [-0.39, 0.29) is 9.53 Å². The second kappa shape index (κ2) is 3.05. The van der Waals surface area contributed by atoms with Crippen LogP contribution in [0.3, 0.4) is 0 Å². The molecule has 1 nitrogen and oxygen atoms in total. The summed E-state index contributed by atoms with van der Waals surface area (Å²) in [5.41, 5.74) is 0. The summed E-state index contributed by atoms with van der Waals surface area (Å²) >= 11 is 2.29. The lowest BCUT2D eigenvalue weighted by atomic mass is 9.96. The fourth-order valence-corrected chi connectivity index (χ4v) is 1.38. The summed E-state index contributed by atoms with van der Waals surface area (Å²) in [6, 6.07) is 0. The van der Waals surface area contributed by atoms with E-state index in [1.807, 2.05) is 19.1 Å². The van der Waals surface area contributed by atoms with Crippen LogP contribution in [0.2, 0.25) is 0 Å². The van der Waals surface area contributed by atoms with E-state index in [2.05, 4.69) is 34.7 Å². The molecule has 0 amide bonds. The molecule has 1 aliphatic carbocycles. The van der Waals surface area contributed by atoms with E-state index in [4.69, 9.17) is 0 Å². The van der Waals surface area contributed by atoms with Crippen LogP contribution in [0.1, 0.15) is 13.3 Å². The van der Waals surface area contributed by atoms with E-state index >= 15 is 0 Å². The maximum absolute atomic E-state index is 9.34. The molecule has 2 heteroatoms. The van der Waals surface area contributed by atoms with E-state index in [1.54, 1.807) is 0 Å². The fraction of sp³-hybridized carbons (Fsp3) is 0.500. The molecule has 0 heterocycles. The molecule has 0 saturated carbocycles. The van der Waals surface area contributed by atoms with Crippen molar-refractivity contribution in [1.29, 1.82) is 0 Å². The minimum absolute atomic E-state index is 0.0630.